The lowest BCUT2D eigenvalue weighted by Crippen LogP contribution is -2.30. The summed E-state index contributed by atoms with van der Waals surface area (Å²) in [5.41, 5.74) is 10.9. The van der Waals surface area contributed by atoms with Crippen LogP contribution in [0.25, 0.3) is 0 Å². The van der Waals surface area contributed by atoms with Gasteiger partial charge >= 0.3 is 0 Å². The van der Waals surface area contributed by atoms with E-state index in [1.807, 2.05) is 4.90 Å². The number of carbonyl (C=O) groups is 1. The number of nitrogens with two attached hydrogens (primary N) is 2. The first-order chi connectivity index (χ1) is 7.89. The van der Waals surface area contributed by atoms with Gasteiger partial charge in [0.1, 0.15) is 5.69 Å². The zero-order valence-corrected chi connectivity index (χ0v) is 9.68. The number of nitrogens with zero attached hydrogens (tertiary/aromatic N) is 2. The van der Waals surface area contributed by atoms with E-state index in [-0.39, 0.29) is 5.69 Å². The Balaban J connectivity index is 2.32. The van der Waals surface area contributed by atoms with Crippen molar-refractivity contribution in [1.29, 1.82) is 0 Å². The van der Waals surface area contributed by atoms with Crippen LogP contribution >= 0.6 is 0 Å². The Morgan fingerprint density at radius 2 is 2.29 bits per heavy atom. The molecule has 0 bridgehead atoms. The van der Waals surface area contributed by atoms with Crippen molar-refractivity contribution in [3.8, 4) is 0 Å². The molecule has 0 saturated carbocycles. The van der Waals surface area contributed by atoms with Gasteiger partial charge in [0.2, 0.25) is 0 Å². The van der Waals surface area contributed by atoms with Gasteiger partial charge in [0.05, 0.1) is 11.3 Å². The largest absolute Gasteiger partial charge is 0.396 e. The molecule has 1 saturated heterocycles. The third-order valence-corrected chi connectivity index (χ3v) is 2.91. The molecule has 1 fully saturated rings. The second kappa shape index (κ2) is 3.89. The first kappa shape index (κ1) is 11.7. The molecule has 2 heterocycles. The van der Waals surface area contributed by atoms with Crippen molar-refractivity contribution in [2.45, 2.75) is 18.9 Å². The van der Waals surface area contributed by atoms with E-state index >= 15 is 0 Å². The second-order valence-electron chi connectivity index (χ2n) is 4.64. The van der Waals surface area contributed by atoms with Gasteiger partial charge in [0.15, 0.2) is 5.82 Å². The van der Waals surface area contributed by atoms with Crippen molar-refractivity contribution in [1.82, 2.24) is 4.98 Å². The molecule has 1 amide bonds. The van der Waals surface area contributed by atoms with Crippen LogP contribution in [0.15, 0.2) is 12.1 Å². The minimum atomic E-state index is -0.739. The molecule has 1 aliphatic rings. The summed E-state index contributed by atoms with van der Waals surface area (Å²) in [7, 11) is 0. The van der Waals surface area contributed by atoms with Gasteiger partial charge < -0.3 is 21.5 Å². The quantitative estimate of drug-likeness (QED) is 0.655. The Morgan fingerprint density at radius 1 is 1.59 bits per heavy atom. The minimum Gasteiger partial charge on any atom is -0.396 e. The monoisotopic (exact) mass is 236 g/mol. The molecule has 0 spiro atoms. The SMILES string of the molecule is CC1(O)CCN(c2nc(C(N)=O)ccc2N)C1. The number of nitrogen functional groups attached to an aromatic ring is 1. The number of amides is 1. The van der Waals surface area contributed by atoms with Gasteiger partial charge in [-0.2, -0.15) is 0 Å². The highest BCUT2D eigenvalue weighted by atomic mass is 16.3. The summed E-state index contributed by atoms with van der Waals surface area (Å²) in [4.78, 5) is 17.1. The normalized spacial score (nSPS) is 24.0. The first-order valence-corrected chi connectivity index (χ1v) is 5.43. The summed E-state index contributed by atoms with van der Waals surface area (Å²) < 4.78 is 0. The lowest BCUT2D eigenvalue weighted by Gasteiger charge is -2.21. The van der Waals surface area contributed by atoms with E-state index in [1.54, 1.807) is 13.0 Å². The van der Waals surface area contributed by atoms with E-state index in [0.717, 1.165) is 0 Å². The van der Waals surface area contributed by atoms with Gasteiger partial charge in [-0.3, -0.25) is 4.79 Å². The summed E-state index contributed by atoms with van der Waals surface area (Å²) in [5, 5.41) is 9.89. The molecule has 0 aromatic carbocycles. The second-order valence-corrected chi connectivity index (χ2v) is 4.64. The van der Waals surface area contributed by atoms with Crippen LogP contribution in [0, 0.1) is 0 Å². The lowest BCUT2D eigenvalue weighted by molar-refractivity contribution is 0.0839. The number of pyridine rings is 1. The van der Waals surface area contributed by atoms with Crippen molar-refractivity contribution in [3.63, 3.8) is 0 Å². The van der Waals surface area contributed by atoms with Crippen LogP contribution in [0.4, 0.5) is 11.5 Å². The fourth-order valence-corrected chi connectivity index (χ4v) is 1.98. The highest BCUT2D eigenvalue weighted by Gasteiger charge is 2.32. The highest BCUT2D eigenvalue weighted by molar-refractivity contribution is 5.91. The molecule has 2 rings (SSSR count). The predicted octanol–water partition coefficient (Wildman–Crippen LogP) is -0.276. The number of carbonyl (C=O) groups excluding carboxylic acids is 1. The standard InChI is InChI=1S/C11H16N4O2/c1-11(17)4-5-15(6-11)10-7(12)2-3-8(14-10)9(13)16/h2-3,17H,4-6,12H2,1H3,(H2,13,16). The Kier molecular flexibility index (Phi) is 2.66. The van der Waals surface area contributed by atoms with Crippen LogP contribution in [0.3, 0.4) is 0 Å². The molecule has 1 unspecified atom stereocenters. The molecule has 0 aliphatic carbocycles. The van der Waals surface area contributed by atoms with E-state index in [9.17, 15) is 9.90 Å². The Labute approximate surface area is 99.2 Å². The molecule has 1 aromatic heterocycles. The van der Waals surface area contributed by atoms with E-state index < -0.39 is 11.5 Å². The molecule has 1 aliphatic heterocycles. The van der Waals surface area contributed by atoms with Gasteiger partial charge in [0, 0.05) is 13.1 Å². The summed E-state index contributed by atoms with van der Waals surface area (Å²) in [5.74, 6) is -0.0729. The van der Waals surface area contributed by atoms with Crippen LogP contribution in [0.1, 0.15) is 23.8 Å². The maximum absolute atomic E-state index is 11.1. The van der Waals surface area contributed by atoms with Crippen molar-refractivity contribution in [2.75, 3.05) is 23.7 Å². The predicted molar refractivity (Wildman–Crippen MR) is 64.6 cm³/mol. The number of aliphatic hydroxyl groups is 1. The number of β-amino-alcohol motifs (C(OH)–C–C–N with tert-alkyl or cyclic N) is 1. The van der Waals surface area contributed by atoms with Gasteiger partial charge in [0.25, 0.3) is 5.91 Å². The van der Waals surface area contributed by atoms with Crippen LogP contribution < -0.4 is 16.4 Å². The number of aromatic nitrogens is 1. The van der Waals surface area contributed by atoms with E-state index in [0.29, 0.717) is 31.0 Å². The van der Waals surface area contributed by atoms with Gasteiger partial charge in [-0.1, -0.05) is 0 Å². The highest BCUT2D eigenvalue weighted by Crippen LogP contribution is 2.28. The molecule has 0 radical (unpaired) electrons. The fourth-order valence-electron chi connectivity index (χ4n) is 1.98. The molecule has 1 atom stereocenters. The molecule has 6 nitrogen and oxygen atoms in total. The third kappa shape index (κ3) is 2.31. The molecule has 17 heavy (non-hydrogen) atoms. The minimum absolute atomic E-state index is 0.181. The number of hydrogen-bond donors (Lipinski definition) is 3. The molecular weight excluding hydrogens is 220 g/mol. The Hall–Kier alpha value is -1.82. The summed E-state index contributed by atoms with van der Waals surface area (Å²) in [6, 6.07) is 3.10. The average molecular weight is 236 g/mol. The zero-order chi connectivity index (χ0) is 12.6. The zero-order valence-electron chi connectivity index (χ0n) is 9.68. The van der Waals surface area contributed by atoms with E-state index in [4.69, 9.17) is 11.5 Å². The lowest BCUT2D eigenvalue weighted by atomic mass is 10.1. The van der Waals surface area contributed by atoms with Crippen LogP contribution in [0.2, 0.25) is 0 Å². The molecular formula is C11H16N4O2. The molecule has 92 valence electrons. The van der Waals surface area contributed by atoms with Gasteiger partial charge in [-0.25, -0.2) is 4.98 Å². The van der Waals surface area contributed by atoms with Gasteiger partial charge in [-0.15, -0.1) is 0 Å². The van der Waals surface area contributed by atoms with Crippen molar-refractivity contribution < 1.29 is 9.90 Å². The topological polar surface area (TPSA) is 105 Å². The third-order valence-electron chi connectivity index (χ3n) is 2.91. The number of rotatable bonds is 2. The maximum atomic E-state index is 11.1. The Morgan fingerprint density at radius 3 is 2.82 bits per heavy atom. The maximum Gasteiger partial charge on any atom is 0.267 e. The van der Waals surface area contributed by atoms with Crippen LogP contribution in [0.5, 0.6) is 0 Å². The summed E-state index contributed by atoms with van der Waals surface area (Å²) in [6.07, 6.45) is 0.648. The summed E-state index contributed by atoms with van der Waals surface area (Å²) >= 11 is 0. The first-order valence-electron chi connectivity index (χ1n) is 5.43. The number of primary amides is 1. The van der Waals surface area contributed by atoms with Crippen molar-refractivity contribution >= 4 is 17.4 Å². The van der Waals surface area contributed by atoms with E-state index in [1.165, 1.54) is 6.07 Å². The molecule has 5 N–H and O–H groups in total. The van der Waals surface area contributed by atoms with Crippen LogP contribution in [-0.2, 0) is 0 Å². The van der Waals surface area contributed by atoms with Crippen LogP contribution in [-0.4, -0.2) is 34.7 Å². The number of anilines is 2. The molecule has 1 aromatic rings. The van der Waals surface area contributed by atoms with Crippen molar-refractivity contribution in [3.05, 3.63) is 17.8 Å². The molecule has 6 heteroatoms. The smallest absolute Gasteiger partial charge is 0.267 e. The van der Waals surface area contributed by atoms with Crippen molar-refractivity contribution in [2.24, 2.45) is 5.73 Å². The average Bonchev–Trinajstić information content (AvgIpc) is 2.59. The van der Waals surface area contributed by atoms with Gasteiger partial charge in [-0.05, 0) is 25.5 Å². The van der Waals surface area contributed by atoms with E-state index in [2.05, 4.69) is 4.98 Å². The Bertz CT molecular complexity index is 459. The fraction of sp³-hybridized carbons (Fsp3) is 0.455. The number of hydrogen-bond acceptors (Lipinski definition) is 5. The summed E-state index contributed by atoms with van der Waals surface area (Å²) in [6.45, 7) is 2.87.